The Morgan fingerprint density at radius 2 is 0.950 bits per heavy atom. The van der Waals surface area contributed by atoms with Crippen LogP contribution < -0.4 is 0 Å². The minimum absolute atomic E-state index is 0.160. The summed E-state index contributed by atoms with van der Waals surface area (Å²) in [5.74, 6) is 0. The van der Waals surface area contributed by atoms with E-state index in [0.29, 0.717) is 0 Å². The maximum absolute atomic E-state index is 4.36. The van der Waals surface area contributed by atoms with Crippen molar-refractivity contribution in [1.29, 1.82) is 0 Å². The van der Waals surface area contributed by atoms with Gasteiger partial charge < -0.3 is 0 Å². The molecule has 0 spiro atoms. The molecule has 0 bridgehead atoms. The maximum atomic E-state index is 4.36. The Kier molecular flexibility index (Phi) is 5.12. The maximum Gasteiger partial charge on any atom is 0.124 e. The third-order valence-electron chi connectivity index (χ3n) is 3.06. The lowest BCUT2D eigenvalue weighted by molar-refractivity contribution is 0.531. The van der Waals surface area contributed by atoms with Crippen molar-refractivity contribution in [1.82, 2.24) is 0 Å². The molecule has 2 atom stereocenters. The van der Waals surface area contributed by atoms with Crippen LogP contribution in [0, 0.1) is 0 Å². The number of azo groups is 2. The normalized spacial score (nSPS) is 14.7. The van der Waals surface area contributed by atoms with Crippen molar-refractivity contribution in [3.05, 3.63) is 71.8 Å². The summed E-state index contributed by atoms with van der Waals surface area (Å²) in [6.45, 7) is 0. The molecule has 0 unspecified atom stereocenters. The van der Waals surface area contributed by atoms with Gasteiger partial charge in [0.15, 0.2) is 0 Å². The summed E-state index contributed by atoms with van der Waals surface area (Å²) >= 11 is 0. The highest BCUT2D eigenvalue weighted by atomic mass is 15.2. The number of rotatable bonds is 5. The van der Waals surface area contributed by atoms with Gasteiger partial charge in [0, 0.05) is 14.1 Å². The van der Waals surface area contributed by atoms with E-state index in [0.717, 1.165) is 11.1 Å². The highest BCUT2D eigenvalue weighted by molar-refractivity contribution is 5.27. The van der Waals surface area contributed by atoms with Gasteiger partial charge in [0.25, 0.3) is 0 Å². The second kappa shape index (κ2) is 7.28. The Bertz CT molecular complexity index is 510. The van der Waals surface area contributed by atoms with Crippen LogP contribution in [-0.2, 0) is 0 Å². The van der Waals surface area contributed by atoms with E-state index in [-0.39, 0.29) is 12.1 Å². The smallest absolute Gasteiger partial charge is 0.124 e. The van der Waals surface area contributed by atoms with Gasteiger partial charge in [0.2, 0.25) is 0 Å². The number of hydrogen-bond donors (Lipinski definition) is 0. The minimum atomic E-state index is -0.160. The fourth-order valence-electron chi connectivity index (χ4n) is 2.17. The first-order chi connectivity index (χ1) is 9.86. The van der Waals surface area contributed by atoms with Crippen molar-refractivity contribution in [2.45, 2.75) is 12.1 Å². The van der Waals surface area contributed by atoms with E-state index in [4.69, 9.17) is 0 Å². The quantitative estimate of drug-likeness (QED) is 0.708. The van der Waals surface area contributed by atoms with E-state index in [1.54, 1.807) is 14.1 Å². The van der Waals surface area contributed by atoms with Gasteiger partial charge in [-0.15, -0.1) is 0 Å². The summed E-state index contributed by atoms with van der Waals surface area (Å²) in [7, 11) is 3.36. The van der Waals surface area contributed by atoms with E-state index in [9.17, 15) is 0 Å². The highest BCUT2D eigenvalue weighted by Crippen LogP contribution is 2.35. The van der Waals surface area contributed by atoms with Crippen molar-refractivity contribution in [2.75, 3.05) is 14.1 Å². The van der Waals surface area contributed by atoms with E-state index in [1.165, 1.54) is 0 Å². The van der Waals surface area contributed by atoms with Crippen molar-refractivity contribution in [2.24, 2.45) is 20.5 Å². The summed E-state index contributed by atoms with van der Waals surface area (Å²) in [6.07, 6.45) is 0. The second-order valence-electron chi connectivity index (χ2n) is 4.34. The van der Waals surface area contributed by atoms with Crippen molar-refractivity contribution >= 4 is 0 Å². The molecule has 2 aromatic carbocycles. The van der Waals surface area contributed by atoms with Gasteiger partial charge >= 0.3 is 0 Å². The van der Waals surface area contributed by atoms with Crippen LogP contribution in [0.2, 0.25) is 0 Å². The molecule has 4 nitrogen and oxygen atoms in total. The number of hydrogen-bond acceptors (Lipinski definition) is 4. The lowest BCUT2D eigenvalue weighted by Crippen LogP contribution is -2.07. The Hall–Kier alpha value is -2.36. The molecule has 0 aliphatic carbocycles. The van der Waals surface area contributed by atoms with Gasteiger partial charge in [-0.05, 0) is 11.1 Å². The zero-order valence-electron chi connectivity index (χ0n) is 11.7. The SMILES string of the molecule is CN=N[C@H](c1ccccc1)[C@@H](N=NC)c1ccccc1. The number of benzene rings is 2. The standard InChI is InChI=1S/C16H18N4/c1-17-19-15(13-9-5-3-6-10-13)16(20-18-2)14-11-7-4-8-12-14/h3-12,15-16H,1-2H3/t15-,16+. The topological polar surface area (TPSA) is 49.4 Å². The van der Waals surface area contributed by atoms with Gasteiger partial charge in [-0.25, -0.2) is 0 Å². The fourth-order valence-corrected chi connectivity index (χ4v) is 2.17. The van der Waals surface area contributed by atoms with Gasteiger partial charge in [-0.2, -0.15) is 20.5 Å². The van der Waals surface area contributed by atoms with Crippen molar-refractivity contribution in [3.8, 4) is 0 Å². The molecule has 0 fully saturated rings. The van der Waals surface area contributed by atoms with Gasteiger partial charge in [-0.1, -0.05) is 60.7 Å². The van der Waals surface area contributed by atoms with Crippen LogP contribution in [-0.4, -0.2) is 14.1 Å². The molecular formula is C16H18N4. The molecule has 20 heavy (non-hydrogen) atoms. The molecule has 4 heteroatoms. The lowest BCUT2D eigenvalue weighted by atomic mass is 9.95. The first-order valence-electron chi connectivity index (χ1n) is 6.54. The van der Waals surface area contributed by atoms with Gasteiger partial charge in [0.05, 0.1) is 0 Å². The average molecular weight is 266 g/mol. The summed E-state index contributed by atoms with van der Waals surface area (Å²) in [4.78, 5) is 0. The molecule has 0 amide bonds. The average Bonchev–Trinajstić information content (AvgIpc) is 2.52. The van der Waals surface area contributed by atoms with Crippen LogP contribution in [0.25, 0.3) is 0 Å². The molecule has 2 rings (SSSR count). The molecule has 0 aliphatic heterocycles. The third-order valence-corrected chi connectivity index (χ3v) is 3.06. The highest BCUT2D eigenvalue weighted by Gasteiger charge is 2.24. The molecule has 0 aliphatic rings. The van der Waals surface area contributed by atoms with Crippen LogP contribution in [0.5, 0.6) is 0 Å². The Morgan fingerprint density at radius 3 is 1.25 bits per heavy atom. The first kappa shape index (κ1) is 14.1. The first-order valence-corrected chi connectivity index (χ1v) is 6.54. The van der Waals surface area contributed by atoms with Gasteiger partial charge in [0.1, 0.15) is 12.1 Å². The van der Waals surface area contributed by atoms with Crippen molar-refractivity contribution in [3.63, 3.8) is 0 Å². The predicted octanol–water partition coefficient (Wildman–Crippen LogP) is 4.63. The van der Waals surface area contributed by atoms with Crippen LogP contribution >= 0.6 is 0 Å². The third kappa shape index (κ3) is 3.35. The van der Waals surface area contributed by atoms with E-state index in [1.807, 2.05) is 60.7 Å². The molecule has 0 saturated carbocycles. The zero-order valence-corrected chi connectivity index (χ0v) is 11.7. The molecule has 0 N–H and O–H groups in total. The molecular weight excluding hydrogens is 248 g/mol. The summed E-state index contributed by atoms with van der Waals surface area (Å²) in [5.41, 5.74) is 2.17. The minimum Gasteiger partial charge on any atom is -0.197 e. The van der Waals surface area contributed by atoms with E-state index in [2.05, 4.69) is 20.5 Å². The predicted molar refractivity (Wildman–Crippen MR) is 79.9 cm³/mol. The summed E-state index contributed by atoms with van der Waals surface area (Å²) in [6, 6.07) is 19.8. The molecule has 0 saturated heterocycles. The van der Waals surface area contributed by atoms with Crippen molar-refractivity contribution < 1.29 is 0 Å². The molecule has 0 radical (unpaired) electrons. The van der Waals surface area contributed by atoms with Crippen LogP contribution in [0.3, 0.4) is 0 Å². The Morgan fingerprint density at radius 1 is 0.600 bits per heavy atom. The van der Waals surface area contributed by atoms with Crippen LogP contribution in [0.4, 0.5) is 0 Å². The molecule has 2 aromatic rings. The van der Waals surface area contributed by atoms with Gasteiger partial charge in [-0.3, -0.25) is 0 Å². The van der Waals surface area contributed by atoms with Crippen LogP contribution in [0.15, 0.2) is 81.1 Å². The van der Waals surface area contributed by atoms with Crippen LogP contribution in [0.1, 0.15) is 23.2 Å². The largest absolute Gasteiger partial charge is 0.197 e. The molecule has 0 heterocycles. The summed E-state index contributed by atoms with van der Waals surface area (Å²) in [5, 5.41) is 16.7. The number of nitrogens with zero attached hydrogens (tertiary/aromatic N) is 4. The Labute approximate surface area is 119 Å². The molecule has 0 aromatic heterocycles. The lowest BCUT2D eigenvalue weighted by Gasteiger charge is -2.19. The van der Waals surface area contributed by atoms with E-state index >= 15 is 0 Å². The molecule has 102 valence electrons. The Balaban J connectivity index is 2.44. The van der Waals surface area contributed by atoms with E-state index < -0.39 is 0 Å². The fraction of sp³-hybridized carbons (Fsp3) is 0.250. The zero-order chi connectivity index (χ0) is 14.2. The monoisotopic (exact) mass is 266 g/mol. The second-order valence-corrected chi connectivity index (χ2v) is 4.34. The summed E-state index contributed by atoms with van der Waals surface area (Å²) < 4.78 is 0.